The molecule has 1 heterocycles. The summed E-state index contributed by atoms with van der Waals surface area (Å²) >= 11 is 7.11. The van der Waals surface area contributed by atoms with Gasteiger partial charge in [0, 0.05) is 11.9 Å². The fourth-order valence-electron chi connectivity index (χ4n) is 0.828. The van der Waals surface area contributed by atoms with Crippen molar-refractivity contribution in [1.29, 1.82) is 5.26 Å². The van der Waals surface area contributed by atoms with E-state index < -0.39 is 5.91 Å². The molecule has 0 aliphatic carbocycles. The first-order chi connectivity index (χ1) is 6.13. The lowest BCUT2D eigenvalue weighted by atomic mass is 10.4. The van der Waals surface area contributed by atoms with Gasteiger partial charge in [-0.05, 0) is 12.1 Å². The summed E-state index contributed by atoms with van der Waals surface area (Å²) in [6.45, 7) is 0.434. The topological polar surface area (TPSA) is 44.1 Å². The van der Waals surface area contributed by atoms with Crippen molar-refractivity contribution < 1.29 is 4.79 Å². The third-order valence-electron chi connectivity index (χ3n) is 1.46. The van der Waals surface area contributed by atoms with Crippen LogP contribution in [0.4, 0.5) is 0 Å². The molecule has 5 heteroatoms. The fraction of sp³-hybridized carbons (Fsp3) is 0.250. The van der Waals surface area contributed by atoms with Crippen LogP contribution in [0.5, 0.6) is 0 Å². The predicted octanol–water partition coefficient (Wildman–Crippen LogP) is 1.88. The maximum Gasteiger partial charge on any atom is 0.325 e. The van der Waals surface area contributed by atoms with Crippen molar-refractivity contribution in [2.75, 3.05) is 7.05 Å². The highest BCUT2D eigenvalue weighted by atomic mass is 35.5. The number of thiophene rings is 1. The van der Waals surface area contributed by atoms with Gasteiger partial charge < -0.3 is 4.90 Å². The second-order valence-electron chi connectivity index (χ2n) is 2.48. The van der Waals surface area contributed by atoms with Crippen LogP contribution in [-0.2, 0) is 11.3 Å². The van der Waals surface area contributed by atoms with E-state index in [9.17, 15) is 4.79 Å². The highest BCUT2D eigenvalue weighted by Gasteiger charge is 2.08. The standard InChI is InChI=1S/C8H7ClN2OS/c1-11(8(12)4-10)5-6-2-3-7(9)13-6/h2-3H,5H2,1H3. The first-order valence-electron chi connectivity index (χ1n) is 3.53. The Morgan fingerprint density at radius 3 is 2.92 bits per heavy atom. The van der Waals surface area contributed by atoms with Crippen molar-refractivity contribution >= 4 is 28.8 Å². The van der Waals surface area contributed by atoms with Gasteiger partial charge in [0.2, 0.25) is 0 Å². The third-order valence-corrected chi connectivity index (χ3v) is 2.68. The number of nitriles is 1. The second kappa shape index (κ2) is 4.26. The molecule has 1 rings (SSSR count). The summed E-state index contributed by atoms with van der Waals surface area (Å²) in [6.07, 6.45) is 0. The van der Waals surface area contributed by atoms with Gasteiger partial charge in [-0.1, -0.05) is 11.6 Å². The quantitative estimate of drug-likeness (QED) is 0.706. The Balaban J connectivity index is 2.60. The van der Waals surface area contributed by atoms with Gasteiger partial charge in [-0.15, -0.1) is 11.3 Å². The van der Waals surface area contributed by atoms with Gasteiger partial charge in [-0.2, -0.15) is 5.26 Å². The molecular formula is C8H7ClN2OS. The van der Waals surface area contributed by atoms with E-state index in [4.69, 9.17) is 16.9 Å². The molecule has 0 aliphatic heterocycles. The Morgan fingerprint density at radius 1 is 1.77 bits per heavy atom. The van der Waals surface area contributed by atoms with E-state index in [2.05, 4.69) is 0 Å². The number of hydrogen-bond acceptors (Lipinski definition) is 3. The molecule has 0 N–H and O–H groups in total. The molecule has 13 heavy (non-hydrogen) atoms. The smallest absolute Gasteiger partial charge is 0.325 e. The van der Waals surface area contributed by atoms with Crippen molar-refractivity contribution in [2.24, 2.45) is 0 Å². The molecule has 0 atom stereocenters. The fourth-order valence-corrected chi connectivity index (χ4v) is 1.97. The molecule has 0 saturated carbocycles. The SMILES string of the molecule is CN(Cc1ccc(Cl)s1)C(=O)C#N. The molecule has 0 radical (unpaired) electrons. The summed E-state index contributed by atoms with van der Waals surface area (Å²) in [4.78, 5) is 13.2. The molecule has 1 amide bonds. The van der Waals surface area contributed by atoms with Crippen LogP contribution in [0.1, 0.15) is 4.88 Å². The monoisotopic (exact) mass is 214 g/mol. The molecule has 0 unspecified atom stereocenters. The summed E-state index contributed by atoms with van der Waals surface area (Å²) in [5.41, 5.74) is 0. The van der Waals surface area contributed by atoms with Gasteiger partial charge >= 0.3 is 5.91 Å². The van der Waals surface area contributed by atoms with Crippen LogP contribution < -0.4 is 0 Å². The van der Waals surface area contributed by atoms with E-state index in [1.807, 2.05) is 6.07 Å². The maximum absolute atomic E-state index is 10.9. The van der Waals surface area contributed by atoms with E-state index in [0.29, 0.717) is 10.9 Å². The molecule has 1 aromatic heterocycles. The summed E-state index contributed by atoms with van der Waals surface area (Å²) in [5, 5.41) is 8.32. The minimum absolute atomic E-state index is 0.434. The van der Waals surface area contributed by atoms with E-state index in [1.165, 1.54) is 16.2 Å². The predicted molar refractivity (Wildman–Crippen MR) is 51.4 cm³/mol. The normalized spacial score (nSPS) is 9.31. The third kappa shape index (κ3) is 2.72. The molecule has 0 spiro atoms. The molecule has 1 aromatic rings. The van der Waals surface area contributed by atoms with E-state index >= 15 is 0 Å². The average Bonchev–Trinajstić information content (AvgIpc) is 2.49. The number of hydrogen-bond donors (Lipinski definition) is 0. The summed E-state index contributed by atoms with van der Waals surface area (Å²) in [5.74, 6) is -0.537. The van der Waals surface area contributed by atoms with Crippen molar-refractivity contribution in [2.45, 2.75) is 6.54 Å². The van der Waals surface area contributed by atoms with E-state index in [0.717, 1.165) is 4.88 Å². The number of carbonyl (C=O) groups is 1. The van der Waals surface area contributed by atoms with Crippen LogP contribution in [0.3, 0.4) is 0 Å². The van der Waals surface area contributed by atoms with Gasteiger partial charge in [-0.25, -0.2) is 0 Å². The highest BCUT2D eigenvalue weighted by Crippen LogP contribution is 2.22. The molecule has 0 bridgehead atoms. The molecular weight excluding hydrogens is 208 g/mol. The molecule has 0 aliphatic rings. The second-order valence-corrected chi connectivity index (χ2v) is 4.28. The summed E-state index contributed by atoms with van der Waals surface area (Å²) < 4.78 is 0.688. The Hall–Kier alpha value is -1.05. The van der Waals surface area contributed by atoms with Gasteiger partial charge in [0.25, 0.3) is 0 Å². The molecule has 0 fully saturated rings. The van der Waals surface area contributed by atoms with Crippen LogP contribution in [0.2, 0.25) is 4.34 Å². The lowest BCUT2D eigenvalue weighted by Crippen LogP contribution is -2.23. The number of halogens is 1. The first kappa shape index (κ1) is 10.0. The van der Waals surface area contributed by atoms with Crippen molar-refractivity contribution in [3.63, 3.8) is 0 Å². The molecule has 68 valence electrons. The number of rotatable bonds is 2. The van der Waals surface area contributed by atoms with Crippen molar-refractivity contribution in [3.8, 4) is 6.07 Å². The highest BCUT2D eigenvalue weighted by molar-refractivity contribution is 7.16. The number of amides is 1. The minimum atomic E-state index is -0.537. The van der Waals surface area contributed by atoms with Crippen LogP contribution in [-0.4, -0.2) is 17.9 Å². The average molecular weight is 215 g/mol. The van der Waals surface area contributed by atoms with Crippen LogP contribution in [0, 0.1) is 11.3 Å². The summed E-state index contributed by atoms with van der Waals surface area (Å²) in [6, 6.07) is 5.16. The largest absolute Gasteiger partial charge is 0.328 e. The molecule has 0 aromatic carbocycles. The Morgan fingerprint density at radius 2 is 2.46 bits per heavy atom. The zero-order chi connectivity index (χ0) is 9.84. The van der Waals surface area contributed by atoms with Gasteiger partial charge in [0.1, 0.15) is 0 Å². The Kier molecular flexibility index (Phi) is 3.29. The minimum Gasteiger partial charge on any atom is -0.328 e. The number of nitrogens with zero attached hydrogens (tertiary/aromatic N) is 2. The molecule has 0 saturated heterocycles. The van der Waals surface area contributed by atoms with Gasteiger partial charge in [0.05, 0.1) is 10.9 Å². The first-order valence-corrected chi connectivity index (χ1v) is 4.72. The van der Waals surface area contributed by atoms with Crippen LogP contribution in [0.25, 0.3) is 0 Å². The van der Waals surface area contributed by atoms with Crippen molar-refractivity contribution in [3.05, 3.63) is 21.3 Å². The van der Waals surface area contributed by atoms with Gasteiger partial charge in [0.15, 0.2) is 6.07 Å². The zero-order valence-electron chi connectivity index (χ0n) is 6.95. The Labute approximate surface area is 85.1 Å². The lowest BCUT2D eigenvalue weighted by molar-refractivity contribution is -0.124. The van der Waals surface area contributed by atoms with E-state index in [-0.39, 0.29) is 0 Å². The number of carbonyl (C=O) groups excluding carboxylic acids is 1. The maximum atomic E-state index is 10.9. The van der Waals surface area contributed by atoms with E-state index in [1.54, 1.807) is 19.2 Å². The zero-order valence-corrected chi connectivity index (χ0v) is 8.52. The Bertz CT molecular complexity index is 355. The van der Waals surface area contributed by atoms with Crippen LogP contribution >= 0.6 is 22.9 Å². The van der Waals surface area contributed by atoms with Crippen molar-refractivity contribution in [1.82, 2.24) is 4.90 Å². The van der Waals surface area contributed by atoms with Gasteiger partial charge in [-0.3, -0.25) is 4.79 Å². The molecule has 3 nitrogen and oxygen atoms in total. The lowest BCUT2D eigenvalue weighted by Gasteiger charge is -2.10. The van der Waals surface area contributed by atoms with Crippen LogP contribution in [0.15, 0.2) is 12.1 Å². The summed E-state index contributed by atoms with van der Waals surface area (Å²) in [7, 11) is 1.58.